The Morgan fingerprint density at radius 1 is 1.15 bits per heavy atom. The molecule has 0 aliphatic rings. The fourth-order valence-corrected chi connectivity index (χ4v) is 3.84. The second-order valence-corrected chi connectivity index (χ2v) is 8.22. The topological polar surface area (TPSA) is 125 Å². The Hall–Kier alpha value is -2.83. The second kappa shape index (κ2) is 9.57. The lowest BCUT2D eigenvalue weighted by Crippen LogP contribution is -2.21. The third kappa shape index (κ3) is 5.95. The van der Waals surface area contributed by atoms with E-state index in [0.717, 1.165) is 0 Å². The number of rotatable bonds is 6. The molecule has 0 bridgehead atoms. The lowest BCUT2D eigenvalue weighted by atomic mass is 10.2. The van der Waals surface area contributed by atoms with Gasteiger partial charge in [0, 0.05) is 6.42 Å². The van der Waals surface area contributed by atoms with E-state index in [4.69, 9.17) is 28.3 Å². The van der Waals surface area contributed by atoms with Gasteiger partial charge < -0.3 is 10.4 Å². The van der Waals surface area contributed by atoms with Crippen molar-refractivity contribution in [2.24, 2.45) is 0 Å². The van der Waals surface area contributed by atoms with Crippen LogP contribution in [0.5, 0.6) is 0 Å². The molecule has 0 spiro atoms. The van der Waals surface area contributed by atoms with Gasteiger partial charge in [-0.1, -0.05) is 23.2 Å². The van der Waals surface area contributed by atoms with Crippen LogP contribution in [-0.4, -0.2) is 36.5 Å². The van der Waals surface area contributed by atoms with E-state index in [2.05, 4.69) is 5.10 Å². The van der Waals surface area contributed by atoms with E-state index in [9.17, 15) is 45.4 Å². The number of halogens is 8. The smallest absolute Gasteiger partial charge is 0.476 e. The maximum absolute atomic E-state index is 13.2. The summed E-state index contributed by atoms with van der Waals surface area (Å²) in [6, 6.07) is 1.98. The average molecular weight is 537 g/mol. The van der Waals surface area contributed by atoms with Crippen LogP contribution in [0, 0.1) is 11.3 Å². The zero-order valence-corrected chi connectivity index (χ0v) is 17.8. The number of alkyl halides is 6. The van der Waals surface area contributed by atoms with Gasteiger partial charge in [0.05, 0.1) is 22.0 Å². The zero-order chi connectivity index (χ0) is 25.3. The van der Waals surface area contributed by atoms with Gasteiger partial charge in [-0.25, -0.2) is 8.89 Å². The minimum atomic E-state index is -5.44. The summed E-state index contributed by atoms with van der Waals surface area (Å²) in [6.45, 7) is 0. The Labute approximate surface area is 192 Å². The van der Waals surface area contributed by atoms with Gasteiger partial charge in [0.2, 0.25) is 5.91 Å². The van der Waals surface area contributed by atoms with Crippen LogP contribution >= 0.6 is 23.2 Å². The fourth-order valence-electron chi connectivity index (χ4n) is 2.39. The van der Waals surface area contributed by atoms with Gasteiger partial charge in [-0.3, -0.25) is 9.59 Å². The summed E-state index contributed by atoms with van der Waals surface area (Å²) in [4.78, 5) is 21.4. The van der Waals surface area contributed by atoms with E-state index in [0.29, 0.717) is 16.8 Å². The molecule has 0 saturated carbocycles. The van der Waals surface area contributed by atoms with E-state index >= 15 is 0 Å². The quantitative estimate of drug-likeness (QED) is 0.523. The molecule has 0 aliphatic carbocycles. The molecule has 1 atom stereocenters. The van der Waals surface area contributed by atoms with E-state index in [1.807, 2.05) is 5.32 Å². The number of carbonyl (C=O) groups is 2. The van der Waals surface area contributed by atoms with Crippen molar-refractivity contribution in [2.75, 3.05) is 5.32 Å². The number of nitrogens with zero attached hydrogens (tertiary/aromatic N) is 3. The maximum Gasteiger partial charge on any atom is 0.476 e. The Morgan fingerprint density at radius 3 is 2.12 bits per heavy atom. The number of nitrogens with one attached hydrogen (secondary N) is 1. The third-order valence-electron chi connectivity index (χ3n) is 3.72. The van der Waals surface area contributed by atoms with Crippen LogP contribution < -0.4 is 5.32 Å². The largest absolute Gasteiger partial charge is 0.481 e. The van der Waals surface area contributed by atoms with Crippen molar-refractivity contribution in [3.8, 4) is 11.8 Å². The number of hydrogen-bond acceptors (Lipinski definition) is 5. The van der Waals surface area contributed by atoms with Crippen LogP contribution in [0.4, 0.5) is 32.2 Å². The van der Waals surface area contributed by atoms with Crippen molar-refractivity contribution in [1.29, 1.82) is 5.26 Å². The molecule has 1 aromatic heterocycles. The van der Waals surface area contributed by atoms with E-state index < -0.39 is 84.9 Å². The predicted octanol–water partition coefficient (Wildman–Crippen LogP) is 4.50. The lowest BCUT2D eigenvalue weighted by molar-refractivity contribution is -0.138. The number of carboxylic acids is 1. The van der Waals surface area contributed by atoms with Gasteiger partial charge >= 0.3 is 17.7 Å². The van der Waals surface area contributed by atoms with Gasteiger partial charge in [-0.2, -0.15) is 36.7 Å². The summed E-state index contributed by atoms with van der Waals surface area (Å²) < 4.78 is 90.8. The summed E-state index contributed by atoms with van der Waals surface area (Å²) in [7, 11) is -3.94. The SMILES string of the molecule is N#Cc1nn(-c2c(Cl)cc(C(F)(F)F)cc2Cl)c(NC(=O)CCC(=O)O)c1S(=O)C(F)(F)F. The highest BCUT2D eigenvalue weighted by Crippen LogP contribution is 2.41. The number of nitriles is 1. The van der Waals surface area contributed by atoms with Crippen LogP contribution in [0.25, 0.3) is 5.69 Å². The highest BCUT2D eigenvalue weighted by atomic mass is 35.5. The Bertz CT molecular complexity index is 1170. The first-order valence-electron chi connectivity index (χ1n) is 8.17. The van der Waals surface area contributed by atoms with Crippen molar-refractivity contribution in [3.63, 3.8) is 0 Å². The van der Waals surface area contributed by atoms with Crippen LogP contribution in [0.2, 0.25) is 10.0 Å². The first-order valence-corrected chi connectivity index (χ1v) is 10.1. The van der Waals surface area contributed by atoms with Gasteiger partial charge in [-0.15, -0.1) is 0 Å². The number of amides is 1. The number of carboxylic acid groups (broad SMARTS) is 1. The molecule has 2 aromatic rings. The van der Waals surface area contributed by atoms with Crippen LogP contribution in [0.15, 0.2) is 17.0 Å². The van der Waals surface area contributed by atoms with Gasteiger partial charge in [0.1, 0.15) is 16.7 Å². The van der Waals surface area contributed by atoms with Crippen molar-refractivity contribution in [1.82, 2.24) is 9.78 Å². The fraction of sp³-hybridized carbons (Fsp3) is 0.250. The van der Waals surface area contributed by atoms with Gasteiger partial charge in [0.15, 0.2) is 22.3 Å². The lowest BCUT2D eigenvalue weighted by Gasteiger charge is -2.15. The molecule has 1 heterocycles. The standard InChI is InChI=1S/C16H8Cl2F6N4O4S/c17-7-3-6(15(19,20)21)4-8(18)12(7)28-14(26-10(29)1-2-11(30)31)13(9(5-25)27-28)33(32)16(22,23)24/h3-4H,1-2H2,(H,26,29)(H,30,31). The molecular weight excluding hydrogens is 529 g/mol. The molecule has 1 amide bonds. The van der Waals surface area contributed by atoms with Gasteiger partial charge in [0.25, 0.3) is 0 Å². The molecule has 0 fully saturated rings. The number of aromatic nitrogens is 2. The molecule has 2 N–H and O–H groups in total. The molecule has 33 heavy (non-hydrogen) atoms. The third-order valence-corrected chi connectivity index (χ3v) is 5.48. The highest BCUT2D eigenvalue weighted by molar-refractivity contribution is 7.86. The first-order chi connectivity index (χ1) is 15.1. The molecule has 8 nitrogen and oxygen atoms in total. The molecule has 0 aliphatic heterocycles. The number of benzene rings is 1. The summed E-state index contributed by atoms with van der Waals surface area (Å²) in [5.41, 5.74) is -8.53. The Balaban J connectivity index is 2.79. The summed E-state index contributed by atoms with van der Waals surface area (Å²) in [5, 5.41) is 21.6. The van der Waals surface area contributed by atoms with Crippen LogP contribution in [0.1, 0.15) is 24.1 Å². The number of anilines is 1. The van der Waals surface area contributed by atoms with Crippen molar-refractivity contribution in [2.45, 2.75) is 29.4 Å². The van der Waals surface area contributed by atoms with E-state index in [1.54, 1.807) is 0 Å². The van der Waals surface area contributed by atoms with Gasteiger partial charge in [-0.05, 0) is 12.1 Å². The van der Waals surface area contributed by atoms with Crippen LogP contribution in [-0.2, 0) is 26.6 Å². The first kappa shape index (κ1) is 26.4. The second-order valence-electron chi connectivity index (χ2n) is 5.99. The number of carbonyl (C=O) groups excluding carboxylic acids is 1. The molecule has 1 aromatic carbocycles. The minimum absolute atomic E-state index is 0.320. The molecule has 0 saturated heterocycles. The molecule has 178 valence electrons. The molecule has 17 heteroatoms. The van der Waals surface area contributed by atoms with Crippen molar-refractivity contribution in [3.05, 3.63) is 33.4 Å². The van der Waals surface area contributed by atoms with Crippen molar-refractivity contribution < 1.29 is 45.2 Å². The normalized spacial score (nSPS) is 12.8. The Morgan fingerprint density at radius 2 is 1.70 bits per heavy atom. The molecule has 2 rings (SSSR count). The summed E-state index contributed by atoms with van der Waals surface area (Å²) in [5.74, 6) is -3.66. The minimum Gasteiger partial charge on any atom is -0.481 e. The number of hydrogen-bond donors (Lipinski definition) is 2. The van der Waals surface area contributed by atoms with E-state index in [1.165, 1.54) is 6.07 Å². The predicted molar refractivity (Wildman–Crippen MR) is 101 cm³/mol. The Kier molecular flexibility index (Phi) is 7.67. The van der Waals surface area contributed by atoms with Crippen LogP contribution in [0.3, 0.4) is 0 Å². The molecule has 0 radical (unpaired) electrons. The summed E-state index contributed by atoms with van der Waals surface area (Å²) >= 11 is 11.7. The number of aliphatic carboxylic acids is 1. The summed E-state index contributed by atoms with van der Waals surface area (Å²) in [6.07, 6.45) is -6.40. The highest BCUT2D eigenvalue weighted by Gasteiger charge is 2.43. The maximum atomic E-state index is 13.2. The average Bonchev–Trinajstić information content (AvgIpc) is 3.01. The molecular formula is C16H8Cl2F6N4O4S. The molecule has 1 unspecified atom stereocenters. The zero-order valence-electron chi connectivity index (χ0n) is 15.5. The monoisotopic (exact) mass is 536 g/mol. The van der Waals surface area contributed by atoms with E-state index in [-0.39, 0.29) is 0 Å². The van der Waals surface area contributed by atoms with Crippen molar-refractivity contribution >= 4 is 51.7 Å².